The van der Waals surface area contributed by atoms with E-state index >= 15 is 4.39 Å². The highest BCUT2D eigenvalue weighted by molar-refractivity contribution is 7.89. The Kier molecular flexibility index (Phi) is 7.25. The van der Waals surface area contributed by atoms with Gasteiger partial charge in [-0.2, -0.15) is 9.29 Å². The minimum Gasteiger partial charge on any atom is -0.378 e. The van der Waals surface area contributed by atoms with E-state index < -0.39 is 15.8 Å². The van der Waals surface area contributed by atoms with Gasteiger partial charge in [-0.3, -0.25) is 0 Å². The van der Waals surface area contributed by atoms with Crippen molar-refractivity contribution in [1.82, 2.24) is 29.1 Å². The first kappa shape index (κ1) is 26.7. The van der Waals surface area contributed by atoms with Crippen molar-refractivity contribution < 1.29 is 17.5 Å². The SMILES string of the molecule is CCN1CCN(S(=O)(=O)c2ccc(N3CCc4c(-c5cnc(N)nc5)nc(N5CCOCC5)nc43)c(F)c2)CC1. The highest BCUT2D eigenvalue weighted by atomic mass is 32.2. The number of halogens is 1. The van der Waals surface area contributed by atoms with E-state index in [1.807, 2.05) is 4.90 Å². The molecule has 6 rings (SSSR count). The zero-order chi connectivity index (χ0) is 27.9. The number of sulfonamides is 1. The summed E-state index contributed by atoms with van der Waals surface area (Å²) < 4.78 is 49.2. The number of hydrogen-bond acceptors (Lipinski definition) is 11. The molecule has 0 amide bonds. The molecule has 0 bridgehead atoms. The number of likely N-dealkylation sites (N-methyl/N-ethyl adjacent to an activating group) is 1. The van der Waals surface area contributed by atoms with Crippen molar-refractivity contribution in [1.29, 1.82) is 0 Å². The van der Waals surface area contributed by atoms with E-state index in [9.17, 15) is 8.42 Å². The van der Waals surface area contributed by atoms with Crippen LogP contribution in [-0.2, 0) is 21.2 Å². The number of piperazine rings is 1. The molecule has 3 aliphatic rings. The number of rotatable bonds is 6. The van der Waals surface area contributed by atoms with E-state index in [-0.39, 0.29) is 16.5 Å². The third-order valence-corrected chi connectivity index (χ3v) is 9.57. The Bertz CT molecular complexity index is 1490. The maximum Gasteiger partial charge on any atom is 0.243 e. The molecule has 12 nitrogen and oxygen atoms in total. The zero-order valence-corrected chi connectivity index (χ0v) is 23.1. The topological polar surface area (TPSA) is 134 Å². The van der Waals surface area contributed by atoms with Gasteiger partial charge >= 0.3 is 0 Å². The largest absolute Gasteiger partial charge is 0.378 e. The van der Waals surface area contributed by atoms with Crippen LogP contribution in [0.15, 0.2) is 35.5 Å². The first-order chi connectivity index (χ1) is 19.3. The van der Waals surface area contributed by atoms with Crippen LogP contribution in [0.2, 0.25) is 0 Å². The van der Waals surface area contributed by atoms with E-state index in [0.29, 0.717) is 88.5 Å². The second kappa shape index (κ2) is 10.8. The van der Waals surface area contributed by atoms with E-state index in [1.54, 1.807) is 17.3 Å². The van der Waals surface area contributed by atoms with Gasteiger partial charge in [0.05, 0.1) is 29.5 Å². The van der Waals surface area contributed by atoms with Gasteiger partial charge in [0.2, 0.25) is 21.9 Å². The smallest absolute Gasteiger partial charge is 0.243 e. The Hall–Kier alpha value is -3.46. The molecule has 2 saturated heterocycles. The summed E-state index contributed by atoms with van der Waals surface area (Å²) in [5.74, 6) is 0.624. The van der Waals surface area contributed by atoms with Crippen molar-refractivity contribution in [2.24, 2.45) is 0 Å². The molecule has 40 heavy (non-hydrogen) atoms. The molecule has 14 heteroatoms. The number of benzene rings is 1. The molecule has 212 valence electrons. The van der Waals surface area contributed by atoms with Crippen molar-refractivity contribution in [3.05, 3.63) is 42.0 Å². The second-order valence-electron chi connectivity index (χ2n) is 9.96. The fourth-order valence-corrected chi connectivity index (χ4v) is 6.82. The molecule has 2 aromatic heterocycles. The van der Waals surface area contributed by atoms with Gasteiger partial charge in [0.1, 0.15) is 11.6 Å². The fraction of sp³-hybridized carbons (Fsp3) is 0.462. The number of anilines is 4. The average Bonchev–Trinajstić information content (AvgIpc) is 3.41. The Balaban J connectivity index is 1.35. The molecular weight excluding hydrogens is 537 g/mol. The standard InChI is InChI=1S/C26H32FN9O3S/c1-2-33-7-9-35(10-8-33)40(37,38)19-3-4-22(21(27)15-19)36-6-5-20-23(18-16-29-25(28)30-17-18)31-26(32-24(20)36)34-11-13-39-14-12-34/h3-4,15-17H,2,5-14H2,1H3,(H2,28,29,30). The van der Waals surface area contributed by atoms with Crippen molar-refractivity contribution in [3.63, 3.8) is 0 Å². The van der Waals surface area contributed by atoms with E-state index in [0.717, 1.165) is 18.2 Å². The molecule has 0 spiro atoms. The monoisotopic (exact) mass is 569 g/mol. The fourth-order valence-electron chi connectivity index (χ4n) is 5.38. The van der Waals surface area contributed by atoms with Crippen LogP contribution in [-0.4, -0.2) is 103 Å². The van der Waals surface area contributed by atoms with Gasteiger partial charge < -0.3 is 25.2 Å². The second-order valence-corrected chi connectivity index (χ2v) is 11.9. The summed E-state index contributed by atoms with van der Waals surface area (Å²) in [7, 11) is -3.80. The summed E-state index contributed by atoms with van der Waals surface area (Å²) in [5.41, 5.74) is 8.17. The minimum absolute atomic E-state index is 0.0467. The van der Waals surface area contributed by atoms with Gasteiger partial charge in [-0.25, -0.2) is 27.8 Å². The van der Waals surface area contributed by atoms with Crippen LogP contribution < -0.4 is 15.5 Å². The van der Waals surface area contributed by atoms with Gasteiger partial charge in [-0.05, 0) is 31.2 Å². The van der Waals surface area contributed by atoms with Gasteiger partial charge in [0, 0.05) is 69.3 Å². The normalized spacial score (nSPS) is 18.8. The van der Waals surface area contributed by atoms with Crippen LogP contribution in [0.25, 0.3) is 11.3 Å². The lowest BCUT2D eigenvalue weighted by Crippen LogP contribution is -2.48. The van der Waals surface area contributed by atoms with E-state index in [4.69, 9.17) is 20.4 Å². The third kappa shape index (κ3) is 4.96. The Morgan fingerprint density at radius 3 is 2.40 bits per heavy atom. The lowest BCUT2D eigenvalue weighted by atomic mass is 10.1. The van der Waals surface area contributed by atoms with Crippen LogP contribution in [0, 0.1) is 5.82 Å². The summed E-state index contributed by atoms with van der Waals surface area (Å²) in [5, 5.41) is 0. The number of nitrogens with zero attached hydrogens (tertiary/aromatic N) is 8. The minimum atomic E-state index is -3.80. The quantitative estimate of drug-likeness (QED) is 0.463. The highest BCUT2D eigenvalue weighted by Gasteiger charge is 2.33. The van der Waals surface area contributed by atoms with Crippen molar-refractivity contribution in [2.75, 3.05) is 81.1 Å². The number of nitrogens with two attached hydrogens (primary N) is 1. The summed E-state index contributed by atoms with van der Waals surface area (Å²) in [6.45, 7) is 7.85. The predicted octanol–water partition coefficient (Wildman–Crippen LogP) is 1.51. The predicted molar refractivity (Wildman–Crippen MR) is 148 cm³/mol. The summed E-state index contributed by atoms with van der Waals surface area (Å²) >= 11 is 0. The number of hydrogen-bond donors (Lipinski definition) is 1. The van der Waals surface area contributed by atoms with Crippen LogP contribution >= 0.6 is 0 Å². The number of morpholine rings is 1. The highest BCUT2D eigenvalue weighted by Crippen LogP contribution is 2.40. The first-order valence-electron chi connectivity index (χ1n) is 13.5. The van der Waals surface area contributed by atoms with Crippen molar-refractivity contribution in [2.45, 2.75) is 18.2 Å². The molecule has 0 unspecified atom stereocenters. The number of nitrogen functional groups attached to an aromatic ring is 1. The van der Waals surface area contributed by atoms with Gasteiger partial charge in [0.25, 0.3) is 0 Å². The average molecular weight is 570 g/mol. The van der Waals surface area contributed by atoms with Gasteiger partial charge in [-0.15, -0.1) is 0 Å². The van der Waals surface area contributed by atoms with Crippen LogP contribution in [0.4, 0.5) is 27.8 Å². The van der Waals surface area contributed by atoms with Gasteiger partial charge in [0.15, 0.2) is 0 Å². The molecule has 0 aliphatic carbocycles. The lowest BCUT2D eigenvalue weighted by molar-refractivity contribution is 0.122. The summed E-state index contributed by atoms with van der Waals surface area (Å²) in [6, 6.07) is 4.13. The Morgan fingerprint density at radius 2 is 1.73 bits per heavy atom. The molecule has 3 aliphatic heterocycles. The van der Waals surface area contributed by atoms with Crippen molar-refractivity contribution in [3.8, 4) is 11.3 Å². The third-order valence-electron chi connectivity index (χ3n) is 7.68. The first-order valence-corrected chi connectivity index (χ1v) is 14.9. The van der Waals surface area contributed by atoms with Gasteiger partial charge in [-0.1, -0.05) is 6.92 Å². The number of ether oxygens (including phenoxy) is 1. The summed E-state index contributed by atoms with van der Waals surface area (Å²) in [6.07, 6.45) is 3.81. The molecular formula is C26H32FN9O3S. The molecule has 0 radical (unpaired) electrons. The lowest BCUT2D eigenvalue weighted by Gasteiger charge is -2.33. The molecule has 0 saturated carbocycles. The summed E-state index contributed by atoms with van der Waals surface area (Å²) in [4.78, 5) is 23.9. The van der Waals surface area contributed by atoms with Crippen molar-refractivity contribution >= 4 is 33.4 Å². The maximum absolute atomic E-state index is 15.7. The molecule has 5 heterocycles. The Morgan fingerprint density at radius 1 is 1.00 bits per heavy atom. The van der Waals surface area contributed by atoms with E-state index in [1.165, 1.54) is 16.4 Å². The van der Waals surface area contributed by atoms with Crippen LogP contribution in [0.1, 0.15) is 12.5 Å². The number of fused-ring (bicyclic) bond motifs is 1. The van der Waals surface area contributed by atoms with Crippen LogP contribution in [0.3, 0.4) is 0 Å². The van der Waals surface area contributed by atoms with E-state index in [2.05, 4.69) is 21.8 Å². The Labute approximate surface area is 232 Å². The molecule has 2 N–H and O–H groups in total. The molecule has 3 aromatic rings. The number of aromatic nitrogens is 4. The maximum atomic E-state index is 15.7. The van der Waals surface area contributed by atoms with Crippen LogP contribution in [0.5, 0.6) is 0 Å². The molecule has 2 fully saturated rings. The molecule has 1 aromatic carbocycles. The zero-order valence-electron chi connectivity index (χ0n) is 22.3. The molecule has 0 atom stereocenters.